The number of carbonyl (C=O) groups is 1. The summed E-state index contributed by atoms with van der Waals surface area (Å²) in [6, 6.07) is 9.14. The maximum atomic E-state index is 12.0. The van der Waals surface area contributed by atoms with Crippen LogP contribution in [0.25, 0.3) is 0 Å². The van der Waals surface area contributed by atoms with E-state index in [-0.39, 0.29) is 12.0 Å². The number of nitrogens with zero attached hydrogens (tertiary/aromatic N) is 1. The number of esters is 1. The highest BCUT2D eigenvalue weighted by Crippen LogP contribution is 2.41. The number of hydrogen-bond donors (Lipinski definition) is 1. The van der Waals surface area contributed by atoms with Crippen molar-refractivity contribution in [2.75, 3.05) is 12.2 Å². The highest BCUT2D eigenvalue weighted by molar-refractivity contribution is 5.76. The van der Waals surface area contributed by atoms with E-state index in [1.54, 1.807) is 5.06 Å². The Morgan fingerprint density at radius 1 is 1.40 bits per heavy atom. The van der Waals surface area contributed by atoms with Crippen molar-refractivity contribution >= 4 is 11.7 Å². The molecule has 3 atom stereocenters. The lowest BCUT2D eigenvalue weighted by Gasteiger charge is -2.28. The van der Waals surface area contributed by atoms with E-state index in [9.17, 15) is 9.90 Å². The SMILES string of the molecule is COC(=O)[C@@H]1[C@H](C(C)C)N(c2ccccc2)O[C@]1(C)O. The Hall–Kier alpha value is -1.59. The standard InChI is InChI=1S/C15H21NO4/c1-10(2)13-12(14(17)19-4)15(3,18)20-16(13)11-8-6-5-7-9-11/h5-10,12-13,18H,1-4H3/t12-,13-,15-/m0/s1. The van der Waals surface area contributed by atoms with Crippen molar-refractivity contribution in [1.29, 1.82) is 0 Å². The van der Waals surface area contributed by atoms with Crippen LogP contribution in [0.15, 0.2) is 30.3 Å². The first kappa shape index (κ1) is 14.8. The lowest BCUT2D eigenvalue weighted by Crippen LogP contribution is -2.44. The Labute approximate surface area is 119 Å². The van der Waals surface area contributed by atoms with Gasteiger partial charge in [-0.1, -0.05) is 32.0 Å². The first-order valence-electron chi connectivity index (χ1n) is 6.72. The summed E-state index contributed by atoms with van der Waals surface area (Å²) in [4.78, 5) is 17.7. The summed E-state index contributed by atoms with van der Waals surface area (Å²) in [6.07, 6.45) is 0. The van der Waals surface area contributed by atoms with Crippen LogP contribution in [0.3, 0.4) is 0 Å². The molecule has 1 fully saturated rings. The highest BCUT2D eigenvalue weighted by Gasteiger charge is 2.56. The number of methoxy groups -OCH3 is 1. The third-order valence-electron chi connectivity index (χ3n) is 3.62. The second-order valence-corrected chi connectivity index (χ2v) is 5.54. The van der Waals surface area contributed by atoms with Gasteiger partial charge < -0.3 is 9.84 Å². The Balaban J connectivity index is 2.42. The maximum Gasteiger partial charge on any atom is 0.316 e. The Kier molecular flexibility index (Phi) is 4.01. The number of hydroxylamine groups is 1. The molecule has 20 heavy (non-hydrogen) atoms. The van der Waals surface area contributed by atoms with Crippen molar-refractivity contribution in [2.24, 2.45) is 11.8 Å². The molecule has 5 nitrogen and oxygen atoms in total. The second kappa shape index (κ2) is 5.42. The van der Waals surface area contributed by atoms with Crippen LogP contribution in [0.1, 0.15) is 20.8 Å². The molecule has 1 aromatic carbocycles. The van der Waals surface area contributed by atoms with Gasteiger partial charge in [0, 0.05) is 0 Å². The van der Waals surface area contributed by atoms with E-state index in [1.807, 2.05) is 44.2 Å². The average molecular weight is 279 g/mol. The number of ether oxygens (including phenoxy) is 1. The normalized spacial score (nSPS) is 29.8. The predicted molar refractivity (Wildman–Crippen MR) is 74.8 cm³/mol. The molecule has 1 heterocycles. The number of anilines is 1. The molecule has 1 aliphatic heterocycles. The van der Waals surface area contributed by atoms with Crippen molar-refractivity contribution in [3.63, 3.8) is 0 Å². The molecule has 0 bridgehead atoms. The van der Waals surface area contributed by atoms with Crippen LogP contribution in [-0.4, -0.2) is 30.0 Å². The molecule has 0 saturated carbocycles. The highest BCUT2D eigenvalue weighted by atomic mass is 16.8. The Morgan fingerprint density at radius 2 is 2.00 bits per heavy atom. The smallest absolute Gasteiger partial charge is 0.316 e. The Bertz CT molecular complexity index is 472. The Morgan fingerprint density at radius 3 is 2.50 bits per heavy atom. The molecule has 0 aromatic heterocycles. The van der Waals surface area contributed by atoms with E-state index >= 15 is 0 Å². The first-order valence-corrected chi connectivity index (χ1v) is 6.72. The molecular weight excluding hydrogens is 258 g/mol. The van der Waals surface area contributed by atoms with Crippen LogP contribution < -0.4 is 5.06 Å². The van der Waals surface area contributed by atoms with Gasteiger partial charge in [-0.2, -0.15) is 0 Å². The molecule has 1 N–H and O–H groups in total. The minimum atomic E-state index is -1.59. The number of rotatable bonds is 3. The van der Waals surface area contributed by atoms with E-state index in [0.717, 1.165) is 5.69 Å². The molecule has 110 valence electrons. The molecule has 0 amide bonds. The first-order chi connectivity index (χ1) is 9.38. The van der Waals surface area contributed by atoms with Gasteiger partial charge in [0.2, 0.25) is 5.79 Å². The van der Waals surface area contributed by atoms with Gasteiger partial charge in [-0.25, -0.2) is 9.90 Å². The van der Waals surface area contributed by atoms with E-state index in [2.05, 4.69) is 0 Å². The fraction of sp³-hybridized carbons (Fsp3) is 0.533. The quantitative estimate of drug-likeness (QED) is 0.857. The molecule has 0 radical (unpaired) electrons. The van der Waals surface area contributed by atoms with Crippen molar-refractivity contribution in [3.8, 4) is 0 Å². The fourth-order valence-corrected chi connectivity index (χ4v) is 2.71. The predicted octanol–water partition coefficient (Wildman–Crippen LogP) is 1.96. The summed E-state index contributed by atoms with van der Waals surface area (Å²) < 4.78 is 4.83. The third-order valence-corrected chi connectivity index (χ3v) is 3.62. The van der Waals surface area contributed by atoms with Crippen molar-refractivity contribution in [2.45, 2.75) is 32.6 Å². The van der Waals surface area contributed by atoms with Gasteiger partial charge in [-0.3, -0.25) is 4.79 Å². The van der Waals surface area contributed by atoms with Gasteiger partial charge in [0.1, 0.15) is 5.92 Å². The topological polar surface area (TPSA) is 59.0 Å². The summed E-state index contributed by atoms with van der Waals surface area (Å²) in [5, 5.41) is 12.1. The summed E-state index contributed by atoms with van der Waals surface area (Å²) >= 11 is 0. The van der Waals surface area contributed by atoms with Crippen molar-refractivity contribution in [1.82, 2.24) is 0 Å². The monoisotopic (exact) mass is 279 g/mol. The molecule has 1 aromatic rings. The zero-order chi connectivity index (χ0) is 14.9. The summed E-state index contributed by atoms with van der Waals surface area (Å²) in [5.74, 6) is -2.70. The molecular formula is C15H21NO4. The fourth-order valence-electron chi connectivity index (χ4n) is 2.71. The van der Waals surface area contributed by atoms with Crippen LogP contribution in [-0.2, 0) is 14.4 Å². The summed E-state index contributed by atoms with van der Waals surface area (Å²) in [6.45, 7) is 5.47. The average Bonchev–Trinajstić information content (AvgIpc) is 2.71. The molecule has 0 aliphatic carbocycles. The number of hydrogen-bond acceptors (Lipinski definition) is 5. The molecule has 1 aliphatic rings. The second-order valence-electron chi connectivity index (χ2n) is 5.54. The van der Waals surface area contributed by atoms with Gasteiger partial charge in [-0.05, 0) is 25.0 Å². The van der Waals surface area contributed by atoms with Crippen LogP contribution in [0.4, 0.5) is 5.69 Å². The van der Waals surface area contributed by atoms with Crippen molar-refractivity contribution in [3.05, 3.63) is 30.3 Å². The van der Waals surface area contributed by atoms with Gasteiger partial charge in [0.25, 0.3) is 0 Å². The van der Waals surface area contributed by atoms with Gasteiger partial charge in [0.05, 0.1) is 18.8 Å². The molecule has 2 rings (SSSR count). The number of carbonyl (C=O) groups excluding carboxylic acids is 1. The summed E-state index contributed by atoms with van der Waals surface area (Å²) in [7, 11) is 1.32. The molecule has 0 unspecified atom stereocenters. The van der Waals surface area contributed by atoms with Crippen molar-refractivity contribution < 1.29 is 19.5 Å². The maximum absolute atomic E-state index is 12.0. The van der Waals surface area contributed by atoms with E-state index in [1.165, 1.54) is 14.0 Å². The molecule has 1 saturated heterocycles. The van der Waals surface area contributed by atoms with E-state index in [0.29, 0.717) is 0 Å². The zero-order valence-electron chi connectivity index (χ0n) is 12.2. The minimum Gasteiger partial charge on any atom is -0.469 e. The van der Waals surface area contributed by atoms with E-state index in [4.69, 9.17) is 9.57 Å². The van der Waals surface area contributed by atoms with Crippen LogP contribution in [0.5, 0.6) is 0 Å². The van der Waals surface area contributed by atoms with Crippen LogP contribution >= 0.6 is 0 Å². The van der Waals surface area contributed by atoms with Gasteiger partial charge >= 0.3 is 5.97 Å². The number of benzene rings is 1. The lowest BCUT2D eigenvalue weighted by molar-refractivity contribution is -0.198. The zero-order valence-corrected chi connectivity index (χ0v) is 12.2. The van der Waals surface area contributed by atoms with Crippen LogP contribution in [0.2, 0.25) is 0 Å². The van der Waals surface area contributed by atoms with E-state index < -0.39 is 17.7 Å². The molecule has 5 heteroatoms. The van der Waals surface area contributed by atoms with Gasteiger partial charge in [0.15, 0.2) is 0 Å². The number of aliphatic hydroxyl groups is 1. The minimum absolute atomic E-state index is 0.105. The molecule has 0 spiro atoms. The third kappa shape index (κ3) is 2.51. The number of para-hydroxylation sites is 1. The largest absolute Gasteiger partial charge is 0.469 e. The van der Waals surface area contributed by atoms with Gasteiger partial charge in [-0.15, -0.1) is 0 Å². The lowest BCUT2D eigenvalue weighted by atomic mass is 9.86. The van der Waals surface area contributed by atoms with Crippen LogP contribution in [0, 0.1) is 11.8 Å². The summed E-state index contributed by atoms with van der Waals surface area (Å²) in [5.41, 5.74) is 0.804.